The van der Waals surface area contributed by atoms with Crippen molar-refractivity contribution in [1.29, 1.82) is 0 Å². The molecule has 18 heavy (non-hydrogen) atoms. The molecular weight excluding hydrogens is 234 g/mol. The van der Waals surface area contributed by atoms with E-state index in [1.165, 1.54) is 12.1 Å². The first-order chi connectivity index (χ1) is 8.56. The van der Waals surface area contributed by atoms with Gasteiger partial charge in [0.05, 0.1) is 4.92 Å². The summed E-state index contributed by atoms with van der Waals surface area (Å²) in [7, 11) is 0. The molecule has 0 saturated carbocycles. The molecule has 1 aliphatic rings. The molecular formula is C12H15N3O3. The summed E-state index contributed by atoms with van der Waals surface area (Å²) in [6.07, 6.45) is 1.11. The van der Waals surface area contributed by atoms with E-state index in [2.05, 4.69) is 0 Å². The highest BCUT2D eigenvalue weighted by Crippen LogP contribution is 2.14. The van der Waals surface area contributed by atoms with Crippen LogP contribution in [0.15, 0.2) is 24.3 Å². The van der Waals surface area contributed by atoms with Gasteiger partial charge in [0.15, 0.2) is 0 Å². The molecule has 1 amide bonds. The van der Waals surface area contributed by atoms with Gasteiger partial charge in [-0.2, -0.15) is 0 Å². The number of nitrogens with two attached hydrogens (primary N) is 1. The second-order valence-corrected chi connectivity index (χ2v) is 4.48. The number of non-ortho nitro benzene ring substituents is 1. The van der Waals surface area contributed by atoms with Gasteiger partial charge in [-0.3, -0.25) is 14.9 Å². The Hall–Kier alpha value is -1.95. The summed E-state index contributed by atoms with van der Waals surface area (Å²) in [6, 6.07) is 6.34. The van der Waals surface area contributed by atoms with Gasteiger partial charge in [-0.15, -0.1) is 0 Å². The van der Waals surface area contributed by atoms with E-state index in [0.29, 0.717) is 25.9 Å². The lowest BCUT2D eigenvalue weighted by Gasteiger charge is -2.15. The van der Waals surface area contributed by atoms with Gasteiger partial charge in [0.1, 0.15) is 0 Å². The molecule has 96 valence electrons. The van der Waals surface area contributed by atoms with Crippen LogP contribution in [-0.2, 0) is 11.2 Å². The van der Waals surface area contributed by atoms with Gasteiger partial charge in [0.25, 0.3) is 5.69 Å². The van der Waals surface area contributed by atoms with Crippen molar-refractivity contribution in [3.05, 3.63) is 39.9 Å². The van der Waals surface area contributed by atoms with Gasteiger partial charge in [-0.05, 0) is 12.0 Å². The number of carbonyl (C=O) groups is 1. The number of carbonyl (C=O) groups excluding carboxylic acids is 1. The molecule has 0 bridgehead atoms. The highest BCUT2D eigenvalue weighted by atomic mass is 16.6. The topological polar surface area (TPSA) is 89.5 Å². The third-order valence-electron chi connectivity index (χ3n) is 3.06. The van der Waals surface area contributed by atoms with Crippen LogP contribution in [0.4, 0.5) is 5.69 Å². The number of benzene rings is 1. The minimum atomic E-state index is -0.424. The minimum absolute atomic E-state index is 0.0608. The normalized spacial score (nSPS) is 19.3. The lowest BCUT2D eigenvalue weighted by Crippen LogP contribution is -2.30. The largest absolute Gasteiger partial charge is 0.341 e. The van der Waals surface area contributed by atoms with E-state index in [-0.39, 0.29) is 17.6 Å². The number of rotatable bonds is 4. The molecule has 6 nitrogen and oxygen atoms in total. The number of nitro groups is 1. The van der Waals surface area contributed by atoms with Gasteiger partial charge >= 0.3 is 0 Å². The average molecular weight is 249 g/mol. The highest BCUT2D eigenvalue weighted by molar-refractivity contribution is 5.79. The Morgan fingerprint density at radius 1 is 1.39 bits per heavy atom. The quantitative estimate of drug-likeness (QED) is 0.628. The van der Waals surface area contributed by atoms with Gasteiger partial charge in [0.2, 0.25) is 5.91 Å². The molecule has 0 radical (unpaired) electrons. The van der Waals surface area contributed by atoms with Crippen LogP contribution in [0.2, 0.25) is 0 Å². The molecule has 0 aliphatic carbocycles. The molecule has 0 spiro atoms. The molecule has 1 aromatic rings. The second kappa shape index (κ2) is 5.14. The third kappa shape index (κ3) is 2.84. The predicted molar refractivity (Wildman–Crippen MR) is 66.0 cm³/mol. The maximum Gasteiger partial charge on any atom is 0.269 e. The van der Waals surface area contributed by atoms with Crippen molar-refractivity contribution in [3.63, 3.8) is 0 Å². The molecule has 1 unspecified atom stereocenters. The van der Waals surface area contributed by atoms with Crippen LogP contribution >= 0.6 is 0 Å². The zero-order valence-electron chi connectivity index (χ0n) is 9.91. The molecule has 1 saturated heterocycles. The van der Waals surface area contributed by atoms with E-state index >= 15 is 0 Å². The summed E-state index contributed by atoms with van der Waals surface area (Å²) in [4.78, 5) is 23.3. The Morgan fingerprint density at radius 2 is 2.06 bits per heavy atom. The lowest BCUT2D eigenvalue weighted by atomic mass is 10.1. The maximum absolute atomic E-state index is 11.5. The number of nitrogens with zero attached hydrogens (tertiary/aromatic N) is 2. The fraction of sp³-hybridized carbons (Fsp3) is 0.417. The number of hydrogen-bond acceptors (Lipinski definition) is 4. The van der Waals surface area contributed by atoms with Gasteiger partial charge in [-0.1, -0.05) is 12.1 Å². The van der Waals surface area contributed by atoms with E-state index in [1.54, 1.807) is 17.0 Å². The first-order valence-electron chi connectivity index (χ1n) is 5.83. The van der Waals surface area contributed by atoms with Crippen molar-refractivity contribution in [1.82, 2.24) is 4.90 Å². The second-order valence-electron chi connectivity index (χ2n) is 4.48. The van der Waals surface area contributed by atoms with Crippen LogP contribution in [0.1, 0.15) is 12.0 Å². The number of hydrogen-bond donors (Lipinski definition) is 1. The van der Waals surface area contributed by atoms with Crippen LogP contribution in [0, 0.1) is 10.1 Å². The summed E-state index contributed by atoms with van der Waals surface area (Å²) >= 11 is 0. The summed E-state index contributed by atoms with van der Waals surface area (Å²) in [5, 5.41) is 10.5. The fourth-order valence-corrected chi connectivity index (χ4v) is 2.07. The van der Waals surface area contributed by atoms with E-state index in [4.69, 9.17) is 5.73 Å². The van der Waals surface area contributed by atoms with Crippen molar-refractivity contribution in [3.8, 4) is 0 Å². The predicted octanol–water partition coefficient (Wildman–Crippen LogP) is 0.697. The van der Waals surface area contributed by atoms with Gasteiger partial charge < -0.3 is 10.6 Å². The van der Waals surface area contributed by atoms with Crippen LogP contribution in [0.3, 0.4) is 0 Å². The minimum Gasteiger partial charge on any atom is -0.341 e. The Morgan fingerprint density at radius 3 is 2.56 bits per heavy atom. The SMILES string of the molecule is NC1CC(=O)N(CCc2ccc([N+](=O)[O-])cc2)C1. The summed E-state index contributed by atoms with van der Waals surface area (Å²) < 4.78 is 0. The Labute approximate surface area is 105 Å². The lowest BCUT2D eigenvalue weighted by molar-refractivity contribution is -0.384. The van der Waals surface area contributed by atoms with Crippen molar-refractivity contribution in [2.45, 2.75) is 18.9 Å². The van der Waals surface area contributed by atoms with Crippen molar-refractivity contribution >= 4 is 11.6 Å². The average Bonchev–Trinajstić information content (AvgIpc) is 2.66. The molecule has 0 aromatic heterocycles. The highest BCUT2D eigenvalue weighted by Gasteiger charge is 2.26. The zero-order valence-corrected chi connectivity index (χ0v) is 9.91. The standard InChI is InChI=1S/C12H15N3O3/c13-10-7-12(16)14(8-10)6-5-9-1-3-11(4-2-9)15(17)18/h1-4,10H,5-8,13H2. The van der Waals surface area contributed by atoms with Gasteiger partial charge in [0, 0.05) is 37.7 Å². The van der Waals surface area contributed by atoms with Crippen LogP contribution in [-0.4, -0.2) is 34.9 Å². The summed E-state index contributed by atoms with van der Waals surface area (Å²) in [6.45, 7) is 1.22. The smallest absolute Gasteiger partial charge is 0.269 e. The van der Waals surface area contributed by atoms with E-state index in [1.807, 2.05) is 0 Å². The maximum atomic E-state index is 11.5. The monoisotopic (exact) mass is 249 g/mol. The number of amides is 1. The van der Waals surface area contributed by atoms with Crippen LogP contribution < -0.4 is 5.73 Å². The molecule has 1 heterocycles. The van der Waals surface area contributed by atoms with Crippen molar-refractivity contribution < 1.29 is 9.72 Å². The summed E-state index contributed by atoms with van der Waals surface area (Å²) in [5.41, 5.74) is 6.76. The van der Waals surface area contributed by atoms with Crippen LogP contribution in [0.25, 0.3) is 0 Å². The van der Waals surface area contributed by atoms with Crippen molar-refractivity contribution in [2.75, 3.05) is 13.1 Å². The molecule has 1 aliphatic heterocycles. The van der Waals surface area contributed by atoms with Crippen LogP contribution in [0.5, 0.6) is 0 Å². The van der Waals surface area contributed by atoms with E-state index in [0.717, 1.165) is 5.56 Å². The molecule has 1 atom stereocenters. The van der Waals surface area contributed by atoms with E-state index < -0.39 is 4.92 Å². The molecule has 2 rings (SSSR count). The van der Waals surface area contributed by atoms with Crippen molar-refractivity contribution in [2.24, 2.45) is 5.73 Å². The zero-order chi connectivity index (χ0) is 13.1. The number of nitro benzene ring substituents is 1. The molecule has 1 aromatic carbocycles. The van der Waals surface area contributed by atoms with E-state index in [9.17, 15) is 14.9 Å². The fourth-order valence-electron chi connectivity index (χ4n) is 2.07. The Bertz CT molecular complexity index is 458. The van der Waals surface area contributed by atoms with Gasteiger partial charge in [-0.25, -0.2) is 0 Å². The third-order valence-corrected chi connectivity index (χ3v) is 3.06. The molecule has 6 heteroatoms. The first-order valence-corrected chi connectivity index (χ1v) is 5.83. The Balaban J connectivity index is 1.90. The molecule has 2 N–H and O–H groups in total. The first kappa shape index (κ1) is 12.5. The summed E-state index contributed by atoms with van der Waals surface area (Å²) in [5.74, 6) is 0.0874. The Kier molecular flexibility index (Phi) is 3.57. The molecule has 1 fully saturated rings. The number of likely N-dealkylation sites (tertiary alicyclic amines) is 1.